The number of carbonyl (C=O) groups is 1. The second-order valence-electron chi connectivity index (χ2n) is 1.08. The molecule has 0 atom stereocenters. The van der Waals surface area contributed by atoms with E-state index in [1.165, 1.54) is 12.3 Å². The zero-order chi connectivity index (χ0) is 4.41. The number of ketones is 1. The molecule has 0 saturated heterocycles. The van der Waals surface area contributed by atoms with Crippen LogP contribution in [0.15, 0.2) is 12.3 Å². The van der Waals surface area contributed by atoms with E-state index < -0.39 is 0 Å². The van der Waals surface area contributed by atoms with Crippen LogP contribution in [0, 0.1) is 0 Å². The molecular formula is C4H7Cl3O2. The first-order chi connectivity index (χ1) is 2.89. The molecule has 9 heavy (non-hydrogen) atoms. The predicted molar refractivity (Wildman–Crippen MR) is 41.8 cm³/mol. The highest BCUT2D eigenvalue weighted by Gasteiger charge is 1.99. The van der Waals surface area contributed by atoms with Crippen LogP contribution in [0.25, 0.3) is 0 Å². The monoisotopic (exact) mass is 192 g/mol. The fourth-order valence-corrected chi connectivity index (χ4v) is 0.302. The highest BCUT2D eigenvalue weighted by Crippen LogP contribution is 1.89. The van der Waals surface area contributed by atoms with Gasteiger partial charge < -0.3 is 4.74 Å². The Kier molecular flexibility index (Phi) is 14.4. The average molecular weight is 193 g/mol. The lowest BCUT2D eigenvalue weighted by Gasteiger charge is -1.79. The molecule has 2 nitrogen and oxygen atoms in total. The molecule has 1 aliphatic rings. The molecule has 0 N–H and O–H groups in total. The second-order valence-corrected chi connectivity index (χ2v) is 1.08. The minimum Gasteiger partial charge on any atom is -0.493 e. The normalized spacial score (nSPS) is 12.2. The molecule has 0 aliphatic carbocycles. The van der Waals surface area contributed by atoms with Gasteiger partial charge in [0.05, 0.1) is 6.26 Å². The molecule has 0 bridgehead atoms. The van der Waals surface area contributed by atoms with E-state index in [1.807, 2.05) is 0 Å². The first kappa shape index (κ1) is 16.0. The van der Waals surface area contributed by atoms with E-state index in [0.717, 1.165) is 0 Å². The maximum absolute atomic E-state index is 10.0. The average Bonchev–Trinajstić information content (AvgIpc) is 1.86. The summed E-state index contributed by atoms with van der Waals surface area (Å²) in [5, 5.41) is 0. The largest absolute Gasteiger partial charge is 0.493 e. The lowest BCUT2D eigenvalue weighted by molar-refractivity contribution is -0.115. The molecule has 1 heterocycles. The van der Waals surface area contributed by atoms with Gasteiger partial charge in [0, 0.05) is 6.08 Å². The summed E-state index contributed by atoms with van der Waals surface area (Å²) >= 11 is 0. The summed E-state index contributed by atoms with van der Waals surface area (Å²) in [7, 11) is 0. The third-order valence-electron chi connectivity index (χ3n) is 0.576. The van der Waals surface area contributed by atoms with Crippen LogP contribution < -0.4 is 0 Å². The van der Waals surface area contributed by atoms with Crippen LogP contribution in [-0.4, -0.2) is 12.4 Å². The number of ether oxygens (including phenoxy) is 1. The molecule has 0 aromatic rings. The van der Waals surface area contributed by atoms with Gasteiger partial charge in [-0.05, 0) is 0 Å². The molecule has 5 heteroatoms. The van der Waals surface area contributed by atoms with Crippen LogP contribution in [-0.2, 0) is 9.53 Å². The van der Waals surface area contributed by atoms with Crippen molar-refractivity contribution in [3.8, 4) is 0 Å². The number of hydrogen-bond acceptors (Lipinski definition) is 2. The standard InChI is InChI=1S/C4H4O2.3ClH/c5-4-1-2-6-3-4;;;/h1-2H,3H2;3*1H. The lowest BCUT2D eigenvalue weighted by atomic mass is 10.5. The van der Waals surface area contributed by atoms with E-state index in [1.54, 1.807) is 0 Å². The van der Waals surface area contributed by atoms with Crippen molar-refractivity contribution < 1.29 is 9.53 Å². The van der Waals surface area contributed by atoms with Gasteiger partial charge in [-0.15, -0.1) is 37.2 Å². The molecule has 0 amide bonds. The summed E-state index contributed by atoms with van der Waals surface area (Å²) in [4.78, 5) is 10.0. The van der Waals surface area contributed by atoms with Gasteiger partial charge in [-0.2, -0.15) is 0 Å². The highest BCUT2D eigenvalue weighted by molar-refractivity contribution is 5.92. The van der Waals surface area contributed by atoms with E-state index in [-0.39, 0.29) is 49.6 Å². The van der Waals surface area contributed by atoms with Crippen molar-refractivity contribution in [2.75, 3.05) is 6.61 Å². The van der Waals surface area contributed by atoms with Gasteiger partial charge in [-0.3, -0.25) is 4.79 Å². The van der Waals surface area contributed by atoms with Gasteiger partial charge in [0.1, 0.15) is 6.61 Å². The van der Waals surface area contributed by atoms with Crippen LogP contribution >= 0.6 is 37.2 Å². The minimum atomic E-state index is 0. The maximum atomic E-state index is 10.0. The summed E-state index contributed by atoms with van der Waals surface area (Å²) in [6.07, 6.45) is 2.82. The van der Waals surface area contributed by atoms with E-state index in [2.05, 4.69) is 4.74 Å². The van der Waals surface area contributed by atoms with E-state index in [0.29, 0.717) is 0 Å². The topological polar surface area (TPSA) is 26.3 Å². The van der Waals surface area contributed by atoms with Crippen molar-refractivity contribution in [2.45, 2.75) is 0 Å². The smallest absolute Gasteiger partial charge is 0.196 e. The van der Waals surface area contributed by atoms with E-state index in [9.17, 15) is 4.79 Å². The van der Waals surface area contributed by atoms with Gasteiger partial charge in [0.2, 0.25) is 0 Å². The van der Waals surface area contributed by atoms with Crippen molar-refractivity contribution >= 4 is 43.0 Å². The SMILES string of the molecule is Cl.Cl.Cl.O=C1C=COC1. The third-order valence-corrected chi connectivity index (χ3v) is 0.576. The quantitative estimate of drug-likeness (QED) is 0.581. The molecule has 0 saturated carbocycles. The Morgan fingerprint density at radius 1 is 1.33 bits per heavy atom. The maximum Gasteiger partial charge on any atom is 0.196 e. The Labute approximate surface area is 71.9 Å². The van der Waals surface area contributed by atoms with Crippen molar-refractivity contribution in [2.24, 2.45) is 0 Å². The van der Waals surface area contributed by atoms with Crippen LogP contribution in [0.5, 0.6) is 0 Å². The summed E-state index contributed by atoms with van der Waals surface area (Å²) in [6, 6.07) is 0. The summed E-state index contributed by atoms with van der Waals surface area (Å²) in [5.41, 5.74) is 0. The van der Waals surface area contributed by atoms with Crippen LogP contribution in [0.3, 0.4) is 0 Å². The summed E-state index contributed by atoms with van der Waals surface area (Å²) in [5.74, 6) is 0.0509. The molecule has 56 valence electrons. The van der Waals surface area contributed by atoms with Crippen molar-refractivity contribution in [1.82, 2.24) is 0 Å². The van der Waals surface area contributed by atoms with Gasteiger partial charge in [-0.1, -0.05) is 0 Å². The van der Waals surface area contributed by atoms with Crippen LogP contribution in [0.1, 0.15) is 0 Å². The number of carbonyl (C=O) groups excluding carboxylic acids is 1. The zero-order valence-electron chi connectivity index (χ0n) is 4.40. The van der Waals surface area contributed by atoms with Gasteiger partial charge >= 0.3 is 0 Å². The fraction of sp³-hybridized carbons (Fsp3) is 0.250. The molecule has 0 spiro atoms. The number of hydrogen-bond donors (Lipinski definition) is 0. The third kappa shape index (κ3) is 5.96. The van der Waals surface area contributed by atoms with Crippen molar-refractivity contribution in [1.29, 1.82) is 0 Å². The Morgan fingerprint density at radius 3 is 2.00 bits per heavy atom. The van der Waals surface area contributed by atoms with E-state index in [4.69, 9.17) is 0 Å². The Balaban J connectivity index is -0.000000120. The summed E-state index contributed by atoms with van der Waals surface area (Å²) in [6.45, 7) is 0.236. The highest BCUT2D eigenvalue weighted by atomic mass is 35.5. The Morgan fingerprint density at radius 2 is 1.89 bits per heavy atom. The Bertz CT molecular complexity index is 102. The van der Waals surface area contributed by atoms with Crippen molar-refractivity contribution in [3.05, 3.63) is 12.3 Å². The van der Waals surface area contributed by atoms with Gasteiger partial charge in [0.15, 0.2) is 5.78 Å². The van der Waals surface area contributed by atoms with Gasteiger partial charge in [0.25, 0.3) is 0 Å². The first-order valence-corrected chi connectivity index (χ1v) is 1.70. The zero-order valence-corrected chi connectivity index (χ0v) is 6.85. The lowest BCUT2D eigenvalue weighted by Crippen LogP contribution is -1.91. The molecule has 0 fully saturated rings. The number of halogens is 3. The van der Waals surface area contributed by atoms with E-state index >= 15 is 0 Å². The molecule has 0 radical (unpaired) electrons. The number of rotatable bonds is 0. The first-order valence-electron chi connectivity index (χ1n) is 1.70. The van der Waals surface area contributed by atoms with Crippen LogP contribution in [0.4, 0.5) is 0 Å². The molecule has 0 aromatic heterocycles. The minimum absolute atomic E-state index is 0. The van der Waals surface area contributed by atoms with Crippen LogP contribution in [0.2, 0.25) is 0 Å². The fourth-order valence-electron chi connectivity index (χ4n) is 0.302. The molecular weight excluding hydrogens is 186 g/mol. The van der Waals surface area contributed by atoms with Gasteiger partial charge in [-0.25, -0.2) is 0 Å². The predicted octanol–water partition coefficient (Wildman–Crippen LogP) is 1.36. The molecule has 0 aromatic carbocycles. The van der Waals surface area contributed by atoms with Crippen molar-refractivity contribution in [3.63, 3.8) is 0 Å². The molecule has 1 rings (SSSR count). The Hall–Kier alpha value is 0.0800. The second kappa shape index (κ2) is 8.08. The molecule has 0 unspecified atom stereocenters. The summed E-state index contributed by atoms with van der Waals surface area (Å²) < 4.78 is 4.53. The molecule has 1 aliphatic heterocycles.